The Morgan fingerprint density at radius 2 is 2.24 bits per heavy atom. The minimum Gasteiger partial charge on any atom is -0.333 e. The fourth-order valence-corrected chi connectivity index (χ4v) is 2.98. The predicted octanol–water partition coefficient (Wildman–Crippen LogP) is 4.60. The van der Waals surface area contributed by atoms with Crippen LogP contribution < -0.4 is 5.32 Å². The fraction of sp³-hybridized carbons (Fsp3) is 0.417. The van der Waals surface area contributed by atoms with Crippen LogP contribution in [0.25, 0.3) is 0 Å². The van der Waals surface area contributed by atoms with Crippen molar-refractivity contribution in [3.05, 3.63) is 27.7 Å². The third-order valence-electron chi connectivity index (χ3n) is 2.69. The van der Waals surface area contributed by atoms with Crippen LogP contribution in [0, 0.1) is 6.92 Å². The average Bonchev–Trinajstić information content (AvgIpc) is 2.77. The molecule has 1 aromatic rings. The quantitative estimate of drug-likeness (QED) is 0.860. The molecule has 1 aliphatic heterocycles. The zero-order valence-electron chi connectivity index (χ0n) is 9.76. The molecule has 0 aromatic heterocycles. The molecule has 2 rings (SSSR count). The van der Waals surface area contributed by atoms with Crippen LogP contribution in [0.1, 0.15) is 18.9 Å². The standard InChI is InChI=1S/C12H14Cl2N2S/c1-3-8-6-15-12(17-8)16-11-9(13)5-4-7(2)10(11)14/h4-5,8H,3,6H2,1-2H3,(H,15,16). The summed E-state index contributed by atoms with van der Waals surface area (Å²) in [5.74, 6) is 0. The minimum atomic E-state index is 0.569. The van der Waals surface area contributed by atoms with Gasteiger partial charge in [0.25, 0.3) is 0 Å². The van der Waals surface area contributed by atoms with Gasteiger partial charge < -0.3 is 5.32 Å². The zero-order chi connectivity index (χ0) is 12.4. The van der Waals surface area contributed by atoms with Gasteiger partial charge >= 0.3 is 0 Å². The van der Waals surface area contributed by atoms with Crippen LogP contribution in [0.3, 0.4) is 0 Å². The molecule has 0 saturated heterocycles. The first kappa shape index (κ1) is 13.1. The van der Waals surface area contributed by atoms with Crippen LogP contribution in [0.4, 0.5) is 5.69 Å². The van der Waals surface area contributed by atoms with Crippen LogP contribution in [0.5, 0.6) is 0 Å². The van der Waals surface area contributed by atoms with E-state index in [9.17, 15) is 0 Å². The van der Waals surface area contributed by atoms with E-state index in [2.05, 4.69) is 17.2 Å². The van der Waals surface area contributed by atoms with Crippen molar-refractivity contribution in [1.82, 2.24) is 0 Å². The van der Waals surface area contributed by atoms with Crippen molar-refractivity contribution >= 4 is 45.8 Å². The molecule has 0 spiro atoms. The number of aliphatic imine (C=N–C) groups is 1. The summed E-state index contributed by atoms with van der Waals surface area (Å²) in [7, 11) is 0. The number of hydrogen-bond donors (Lipinski definition) is 1. The van der Waals surface area contributed by atoms with E-state index < -0.39 is 0 Å². The number of nitrogens with zero attached hydrogens (tertiary/aromatic N) is 1. The van der Waals surface area contributed by atoms with Gasteiger partial charge in [0.1, 0.15) is 0 Å². The van der Waals surface area contributed by atoms with E-state index in [1.807, 2.05) is 19.1 Å². The van der Waals surface area contributed by atoms with Crippen LogP contribution in [0.15, 0.2) is 17.1 Å². The Bertz CT molecular complexity index is 460. The van der Waals surface area contributed by atoms with E-state index in [-0.39, 0.29) is 0 Å². The highest BCUT2D eigenvalue weighted by Crippen LogP contribution is 2.35. The van der Waals surface area contributed by atoms with Gasteiger partial charge in [-0.15, -0.1) is 0 Å². The molecule has 0 fully saturated rings. The molecule has 1 aliphatic rings. The molecule has 92 valence electrons. The maximum Gasteiger partial charge on any atom is 0.161 e. The van der Waals surface area contributed by atoms with Crippen LogP contribution >= 0.6 is 35.0 Å². The van der Waals surface area contributed by atoms with Crippen molar-refractivity contribution < 1.29 is 0 Å². The summed E-state index contributed by atoms with van der Waals surface area (Å²) < 4.78 is 0. The number of anilines is 1. The lowest BCUT2D eigenvalue weighted by atomic mass is 10.2. The number of nitrogens with one attached hydrogen (secondary N) is 1. The summed E-state index contributed by atoms with van der Waals surface area (Å²) in [6.07, 6.45) is 1.12. The first-order chi connectivity index (χ1) is 8.11. The molecular weight excluding hydrogens is 275 g/mol. The van der Waals surface area contributed by atoms with Crippen molar-refractivity contribution in [3.8, 4) is 0 Å². The van der Waals surface area contributed by atoms with E-state index in [0.29, 0.717) is 15.3 Å². The highest BCUT2D eigenvalue weighted by atomic mass is 35.5. The third-order valence-corrected chi connectivity index (χ3v) is 4.76. The molecule has 1 aromatic carbocycles. The van der Waals surface area contributed by atoms with Crippen LogP contribution in [0.2, 0.25) is 10.0 Å². The van der Waals surface area contributed by atoms with Gasteiger partial charge in [-0.2, -0.15) is 0 Å². The summed E-state index contributed by atoms with van der Waals surface area (Å²) in [4.78, 5) is 4.45. The van der Waals surface area contributed by atoms with Crippen molar-refractivity contribution in [2.24, 2.45) is 4.99 Å². The SMILES string of the molecule is CCC1CN=C(Nc2c(Cl)ccc(C)c2Cl)S1. The number of thioether (sulfide) groups is 1. The third kappa shape index (κ3) is 2.90. The molecule has 1 heterocycles. The minimum absolute atomic E-state index is 0.569. The molecule has 0 amide bonds. The number of halogens is 2. The van der Waals surface area contributed by atoms with Gasteiger partial charge in [0.05, 0.1) is 22.3 Å². The second kappa shape index (κ2) is 5.51. The van der Waals surface area contributed by atoms with Crippen molar-refractivity contribution in [3.63, 3.8) is 0 Å². The normalized spacial score (nSPS) is 19.3. The monoisotopic (exact) mass is 288 g/mol. The van der Waals surface area contributed by atoms with Crippen molar-refractivity contribution in [1.29, 1.82) is 0 Å². The van der Waals surface area contributed by atoms with E-state index in [1.54, 1.807) is 11.8 Å². The Labute approximate surface area is 116 Å². The summed E-state index contributed by atoms with van der Waals surface area (Å²) in [6, 6.07) is 3.76. The predicted molar refractivity (Wildman–Crippen MR) is 78.8 cm³/mol. The average molecular weight is 289 g/mol. The van der Waals surface area contributed by atoms with E-state index in [1.165, 1.54) is 0 Å². The lowest BCUT2D eigenvalue weighted by molar-refractivity contribution is 0.843. The van der Waals surface area contributed by atoms with Gasteiger partial charge in [-0.1, -0.05) is 48.0 Å². The Balaban J connectivity index is 2.17. The van der Waals surface area contributed by atoms with Gasteiger partial charge in [-0.25, -0.2) is 0 Å². The lowest BCUT2D eigenvalue weighted by Gasteiger charge is -2.12. The Morgan fingerprint density at radius 3 is 2.88 bits per heavy atom. The summed E-state index contributed by atoms with van der Waals surface area (Å²) in [6.45, 7) is 5.00. The second-order valence-corrected chi connectivity index (χ2v) is 6.05. The number of aryl methyl sites for hydroxylation is 1. The summed E-state index contributed by atoms with van der Waals surface area (Å²) in [5.41, 5.74) is 1.77. The van der Waals surface area contributed by atoms with E-state index in [0.717, 1.165) is 29.4 Å². The summed E-state index contributed by atoms with van der Waals surface area (Å²) in [5, 5.41) is 6.01. The number of rotatable bonds is 2. The number of benzene rings is 1. The first-order valence-corrected chi connectivity index (χ1v) is 7.18. The van der Waals surface area contributed by atoms with Crippen molar-refractivity contribution in [2.45, 2.75) is 25.5 Å². The second-order valence-electron chi connectivity index (χ2n) is 3.97. The molecule has 1 unspecified atom stereocenters. The van der Waals surface area contributed by atoms with Crippen LogP contribution in [-0.4, -0.2) is 17.0 Å². The molecule has 0 bridgehead atoms. The van der Waals surface area contributed by atoms with E-state index in [4.69, 9.17) is 23.2 Å². The first-order valence-electron chi connectivity index (χ1n) is 5.54. The molecule has 2 nitrogen and oxygen atoms in total. The Hall–Kier alpha value is -0.380. The molecular formula is C12H14Cl2N2S. The van der Waals surface area contributed by atoms with Crippen LogP contribution in [-0.2, 0) is 0 Å². The molecule has 17 heavy (non-hydrogen) atoms. The smallest absolute Gasteiger partial charge is 0.161 e. The topological polar surface area (TPSA) is 24.4 Å². The Kier molecular flexibility index (Phi) is 4.23. The Morgan fingerprint density at radius 1 is 1.47 bits per heavy atom. The van der Waals surface area contributed by atoms with Gasteiger partial charge in [-0.3, -0.25) is 4.99 Å². The maximum atomic E-state index is 6.24. The number of hydrogen-bond acceptors (Lipinski definition) is 3. The highest BCUT2D eigenvalue weighted by molar-refractivity contribution is 8.15. The number of amidine groups is 1. The zero-order valence-corrected chi connectivity index (χ0v) is 12.1. The lowest BCUT2D eigenvalue weighted by Crippen LogP contribution is -2.08. The fourth-order valence-electron chi connectivity index (χ4n) is 1.58. The van der Waals surface area contributed by atoms with E-state index >= 15 is 0 Å². The molecule has 0 radical (unpaired) electrons. The van der Waals surface area contributed by atoms with Gasteiger partial charge in [0, 0.05) is 5.25 Å². The molecule has 0 aliphatic carbocycles. The molecule has 0 saturated carbocycles. The molecule has 1 N–H and O–H groups in total. The van der Waals surface area contributed by atoms with Gasteiger partial charge in [0.15, 0.2) is 5.17 Å². The van der Waals surface area contributed by atoms with Crippen molar-refractivity contribution in [2.75, 3.05) is 11.9 Å². The largest absolute Gasteiger partial charge is 0.333 e. The molecule has 5 heteroatoms. The highest BCUT2D eigenvalue weighted by Gasteiger charge is 2.19. The maximum absolute atomic E-state index is 6.24. The van der Waals surface area contributed by atoms with Gasteiger partial charge in [0.2, 0.25) is 0 Å². The molecule has 1 atom stereocenters. The summed E-state index contributed by atoms with van der Waals surface area (Å²) >= 11 is 14.1. The van der Waals surface area contributed by atoms with Gasteiger partial charge in [-0.05, 0) is 25.0 Å².